The maximum absolute atomic E-state index is 11.9. The van der Waals surface area contributed by atoms with E-state index < -0.39 is 59.4 Å². The molecule has 0 saturated carbocycles. The van der Waals surface area contributed by atoms with Crippen LogP contribution in [0.25, 0.3) is 0 Å². The molecule has 0 aliphatic rings. The van der Waals surface area contributed by atoms with Crippen LogP contribution < -0.4 is 0 Å². The van der Waals surface area contributed by atoms with Gasteiger partial charge in [0.1, 0.15) is 0 Å². The highest BCUT2D eigenvalue weighted by Crippen LogP contribution is 2.31. The minimum atomic E-state index is -2.82. The van der Waals surface area contributed by atoms with Crippen molar-refractivity contribution in [1.29, 1.82) is 0 Å². The van der Waals surface area contributed by atoms with E-state index in [1.807, 2.05) is 0 Å². The second kappa shape index (κ2) is 13.4. The number of rotatable bonds is 17. The summed E-state index contributed by atoms with van der Waals surface area (Å²) in [6, 6.07) is 0.643. The molecule has 0 aromatic rings. The third-order valence-electron chi connectivity index (χ3n) is 4.37. The number of ether oxygens (including phenoxy) is 1. The zero-order valence-electron chi connectivity index (χ0n) is 26.6. The van der Waals surface area contributed by atoms with E-state index in [1.165, 1.54) is 0 Å². The highest BCUT2D eigenvalue weighted by Gasteiger charge is 2.49. The summed E-state index contributed by atoms with van der Waals surface area (Å²) in [5.41, 5.74) is 0.389. The summed E-state index contributed by atoms with van der Waals surface area (Å²) in [5.74, 6) is -0.381. The highest BCUT2D eigenvalue weighted by molar-refractivity contribution is 6.92. The smallest absolute Gasteiger partial charge is 0.333 e. The van der Waals surface area contributed by atoms with Crippen molar-refractivity contribution in [1.82, 2.24) is 0 Å². The fraction of sp³-hybridized carbons (Fsp3) is 0.864. The molecule has 0 rings (SSSR count). The molecule has 0 amide bonds. The third kappa shape index (κ3) is 18.5. The Morgan fingerprint density at radius 1 is 0.568 bits per heavy atom. The van der Waals surface area contributed by atoms with E-state index in [9.17, 15) is 4.79 Å². The zero-order valence-corrected chi connectivity index (χ0v) is 33.6. The van der Waals surface area contributed by atoms with Gasteiger partial charge >= 0.3 is 48.8 Å². The standard InChI is InChI=1S/C22H56O8Si7/c1-21(2)22(23)24-19-18-20-37(17,29-35(13,14)27-33(9,10)25-31(3,4)5)30-36(15,16)28-34(11,12)26-32(6,7)8/h1,18-20H2,2-17H3. The number of hydrogen-bond donors (Lipinski definition) is 0. The number of carbonyl (C=O) groups excluding carboxylic acids is 1. The van der Waals surface area contributed by atoms with Crippen LogP contribution in [-0.2, 0) is 34.2 Å². The van der Waals surface area contributed by atoms with Crippen LogP contribution in [0, 0.1) is 0 Å². The van der Waals surface area contributed by atoms with Crippen molar-refractivity contribution in [2.45, 2.75) is 118 Å². The van der Waals surface area contributed by atoms with E-state index in [0.717, 1.165) is 0 Å². The van der Waals surface area contributed by atoms with Crippen LogP contribution in [0.4, 0.5) is 0 Å². The molecule has 0 aliphatic heterocycles. The normalized spacial score (nSPS) is 14.6. The molecule has 0 aliphatic carbocycles. The third-order valence-corrected chi connectivity index (χ3v) is 29.7. The molecule has 0 bridgehead atoms. The molecule has 0 saturated heterocycles. The number of hydrogen-bond acceptors (Lipinski definition) is 8. The largest absolute Gasteiger partial charge is 0.462 e. The summed E-state index contributed by atoms with van der Waals surface area (Å²) < 4.78 is 45.2. The van der Waals surface area contributed by atoms with Crippen LogP contribution in [0.1, 0.15) is 13.3 Å². The SMILES string of the molecule is C=C(C)C(=O)OCCC[Si](C)(O[Si](C)(C)O[Si](C)(C)O[Si](C)(C)C)O[Si](C)(C)O[Si](C)(C)O[Si](C)(C)C. The van der Waals surface area contributed by atoms with Crippen LogP contribution in [0.15, 0.2) is 12.2 Å². The summed E-state index contributed by atoms with van der Waals surface area (Å²) >= 11 is 0. The maximum atomic E-state index is 11.9. The summed E-state index contributed by atoms with van der Waals surface area (Å²) in [5, 5.41) is 0. The van der Waals surface area contributed by atoms with E-state index >= 15 is 0 Å². The van der Waals surface area contributed by atoms with Crippen molar-refractivity contribution in [3.8, 4) is 0 Å². The fourth-order valence-corrected chi connectivity index (χ4v) is 38.5. The zero-order chi connectivity index (χ0) is 29.7. The first-order chi connectivity index (χ1) is 16.1. The predicted octanol–water partition coefficient (Wildman–Crippen LogP) is 7.14. The van der Waals surface area contributed by atoms with Gasteiger partial charge in [-0.15, -0.1) is 0 Å². The van der Waals surface area contributed by atoms with Gasteiger partial charge in [-0.2, -0.15) is 0 Å². The topological polar surface area (TPSA) is 81.7 Å². The fourth-order valence-electron chi connectivity index (χ4n) is 4.59. The minimum absolute atomic E-state index is 0.282. The Labute approximate surface area is 235 Å². The van der Waals surface area contributed by atoms with E-state index in [1.54, 1.807) is 6.92 Å². The van der Waals surface area contributed by atoms with Gasteiger partial charge in [0.25, 0.3) is 0 Å². The molecule has 0 N–H and O–H groups in total. The Kier molecular flexibility index (Phi) is 13.6. The molecule has 8 nitrogen and oxygen atoms in total. The van der Waals surface area contributed by atoms with E-state index in [0.29, 0.717) is 18.0 Å². The molecule has 220 valence electrons. The van der Waals surface area contributed by atoms with Crippen LogP contribution >= 0.6 is 0 Å². The van der Waals surface area contributed by atoms with Gasteiger partial charge in [0.15, 0.2) is 16.6 Å². The molecule has 0 heterocycles. The Balaban J connectivity index is 5.79. The number of esters is 1. The van der Waals surface area contributed by atoms with Gasteiger partial charge in [-0.25, -0.2) is 4.79 Å². The van der Waals surface area contributed by atoms with Gasteiger partial charge in [0.2, 0.25) is 0 Å². The van der Waals surface area contributed by atoms with Crippen LogP contribution in [-0.4, -0.2) is 72.0 Å². The predicted molar refractivity (Wildman–Crippen MR) is 170 cm³/mol. The lowest BCUT2D eigenvalue weighted by molar-refractivity contribution is -0.138. The second-order valence-electron chi connectivity index (χ2n) is 13.6. The minimum Gasteiger partial charge on any atom is -0.462 e. The van der Waals surface area contributed by atoms with Crippen molar-refractivity contribution in [2.24, 2.45) is 0 Å². The van der Waals surface area contributed by atoms with Crippen molar-refractivity contribution in [2.75, 3.05) is 6.61 Å². The molecule has 0 aromatic carbocycles. The molecular formula is C22H56O8Si7. The molecule has 0 aromatic heterocycles. The average molecular weight is 645 g/mol. The molecule has 0 fully saturated rings. The van der Waals surface area contributed by atoms with Crippen LogP contribution in [0.2, 0.25) is 104 Å². The maximum Gasteiger partial charge on any atom is 0.333 e. The first-order valence-electron chi connectivity index (χ1n) is 13.1. The van der Waals surface area contributed by atoms with Crippen molar-refractivity contribution in [3.05, 3.63) is 12.2 Å². The first kappa shape index (κ1) is 37.5. The van der Waals surface area contributed by atoms with Crippen LogP contribution in [0.5, 0.6) is 0 Å². The van der Waals surface area contributed by atoms with E-state index in [-0.39, 0.29) is 12.6 Å². The molecule has 15 heteroatoms. The summed E-state index contributed by atoms with van der Waals surface area (Å²) in [4.78, 5) is 11.9. The van der Waals surface area contributed by atoms with Gasteiger partial charge < -0.3 is 29.4 Å². The second-order valence-corrected chi connectivity index (χ2v) is 40.9. The average Bonchev–Trinajstić information content (AvgIpc) is 2.49. The Morgan fingerprint density at radius 2 is 0.892 bits per heavy atom. The van der Waals surface area contributed by atoms with E-state index in [4.69, 9.17) is 29.4 Å². The van der Waals surface area contributed by atoms with Gasteiger partial charge in [-0.1, -0.05) is 6.58 Å². The Morgan fingerprint density at radius 3 is 1.19 bits per heavy atom. The van der Waals surface area contributed by atoms with Gasteiger partial charge in [0, 0.05) is 5.57 Å². The quantitative estimate of drug-likeness (QED) is 0.0715. The molecular weight excluding hydrogens is 589 g/mol. The molecule has 0 atom stereocenters. The first-order valence-corrected chi connectivity index (χ1v) is 33.7. The lowest BCUT2D eigenvalue weighted by Gasteiger charge is -2.44. The van der Waals surface area contributed by atoms with Crippen molar-refractivity contribution in [3.63, 3.8) is 0 Å². The van der Waals surface area contributed by atoms with E-state index in [2.05, 4.69) is 105 Å². The molecule has 0 spiro atoms. The Hall–Kier alpha value is 0.488. The molecule has 37 heavy (non-hydrogen) atoms. The van der Waals surface area contributed by atoms with Crippen LogP contribution in [0.3, 0.4) is 0 Å². The monoisotopic (exact) mass is 644 g/mol. The summed E-state index contributed by atoms with van der Waals surface area (Å²) in [6.45, 7) is 37.3. The summed E-state index contributed by atoms with van der Waals surface area (Å²) in [7, 11) is -16.5. The van der Waals surface area contributed by atoms with Crippen molar-refractivity contribution < 1.29 is 34.2 Å². The highest BCUT2D eigenvalue weighted by atomic mass is 28.5. The molecule has 0 unspecified atom stereocenters. The van der Waals surface area contributed by atoms with Gasteiger partial charge in [-0.3, -0.25) is 0 Å². The number of carbonyl (C=O) groups is 1. The summed E-state index contributed by atoms with van der Waals surface area (Å²) in [6.07, 6.45) is 0.620. The Bertz CT molecular complexity index is 730. The molecule has 0 radical (unpaired) electrons. The van der Waals surface area contributed by atoms with Crippen molar-refractivity contribution >= 4 is 65.4 Å². The van der Waals surface area contributed by atoms with Gasteiger partial charge in [-0.05, 0) is 118 Å². The lowest BCUT2D eigenvalue weighted by Crippen LogP contribution is -2.61. The lowest BCUT2D eigenvalue weighted by atomic mass is 10.4. The van der Waals surface area contributed by atoms with Gasteiger partial charge in [0.05, 0.1) is 6.61 Å².